The van der Waals surface area contributed by atoms with Crippen molar-refractivity contribution >= 4 is 17.4 Å². The molecule has 1 N–H and O–H groups in total. The molecule has 20 heavy (non-hydrogen) atoms. The number of aryl methyl sites for hydroxylation is 1. The molecule has 0 bridgehead atoms. The largest absolute Gasteiger partial charge is 0.373 e. The number of carbonyl (C=O) groups excluding carboxylic acids is 1. The van der Waals surface area contributed by atoms with Gasteiger partial charge in [0.15, 0.2) is 0 Å². The molecule has 3 rings (SSSR count). The Morgan fingerprint density at radius 2 is 2.15 bits per heavy atom. The number of anilines is 2. The predicted molar refractivity (Wildman–Crippen MR) is 80.2 cm³/mol. The van der Waals surface area contributed by atoms with Crippen molar-refractivity contribution in [2.45, 2.75) is 12.8 Å². The van der Waals surface area contributed by atoms with E-state index in [9.17, 15) is 4.79 Å². The first-order chi connectivity index (χ1) is 9.79. The van der Waals surface area contributed by atoms with Gasteiger partial charge in [0.25, 0.3) is 5.91 Å². The van der Waals surface area contributed by atoms with Crippen LogP contribution < -0.4 is 10.2 Å². The summed E-state index contributed by atoms with van der Waals surface area (Å²) in [6.45, 7) is 0.771. The number of rotatable bonds is 2. The van der Waals surface area contributed by atoms with Gasteiger partial charge in [-0.05, 0) is 36.6 Å². The van der Waals surface area contributed by atoms with E-state index in [0.717, 1.165) is 25.1 Å². The lowest BCUT2D eigenvalue weighted by Gasteiger charge is -2.29. The highest BCUT2D eigenvalue weighted by Crippen LogP contribution is 2.28. The number of hydrogen-bond donors (Lipinski definition) is 1. The second-order valence-corrected chi connectivity index (χ2v) is 4.87. The van der Waals surface area contributed by atoms with Crippen molar-refractivity contribution in [2.24, 2.45) is 0 Å². The molecular formula is C16H17N3O. The molecule has 2 aromatic rings. The monoisotopic (exact) mass is 267 g/mol. The third-order valence-corrected chi connectivity index (χ3v) is 3.62. The van der Waals surface area contributed by atoms with Gasteiger partial charge in [0, 0.05) is 31.0 Å². The Hall–Kier alpha value is -2.36. The lowest BCUT2D eigenvalue weighted by atomic mass is 10.0. The van der Waals surface area contributed by atoms with Crippen LogP contribution in [0.3, 0.4) is 0 Å². The number of benzene rings is 1. The maximum Gasteiger partial charge on any atom is 0.258 e. The van der Waals surface area contributed by atoms with E-state index in [-0.39, 0.29) is 5.91 Å². The zero-order valence-electron chi connectivity index (χ0n) is 11.5. The molecule has 1 aliphatic rings. The van der Waals surface area contributed by atoms with Crippen LogP contribution in [0.15, 0.2) is 42.6 Å². The van der Waals surface area contributed by atoms with E-state index in [1.54, 1.807) is 25.4 Å². The summed E-state index contributed by atoms with van der Waals surface area (Å²) in [5.41, 5.74) is 2.95. The van der Waals surface area contributed by atoms with Gasteiger partial charge in [0.05, 0.1) is 0 Å². The van der Waals surface area contributed by atoms with Crippen LogP contribution in [-0.4, -0.2) is 24.5 Å². The van der Waals surface area contributed by atoms with Crippen LogP contribution in [0, 0.1) is 0 Å². The van der Waals surface area contributed by atoms with Crippen molar-refractivity contribution in [3.63, 3.8) is 0 Å². The first-order valence-corrected chi connectivity index (χ1v) is 6.83. The van der Waals surface area contributed by atoms with Crippen LogP contribution in [0.2, 0.25) is 0 Å². The number of carbonyl (C=O) groups is 1. The molecule has 0 saturated carbocycles. The first kappa shape index (κ1) is 12.7. The molecule has 1 aromatic heterocycles. The highest BCUT2D eigenvalue weighted by Gasteiger charge is 2.23. The summed E-state index contributed by atoms with van der Waals surface area (Å²) >= 11 is 0. The fourth-order valence-corrected chi connectivity index (χ4v) is 2.60. The molecule has 4 nitrogen and oxygen atoms in total. The Labute approximate surface area is 118 Å². The SMILES string of the molecule is CNc1cc(C(=O)N2CCCc3ccccc32)ccn1. The van der Waals surface area contributed by atoms with Crippen molar-refractivity contribution < 1.29 is 4.79 Å². The predicted octanol–water partition coefficient (Wildman–Crippen LogP) is 2.72. The lowest BCUT2D eigenvalue weighted by molar-refractivity contribution is 0.0985. The van der Waals surface area contributed by atoms with Crippen molar-refractivity contribution in [3.05, 3.63) is 53.7 Å². The van der Waals surface area contributed by atoms with Gasteiger partial charge in [-0.15, -0.1) is 0 Å². The number of amides is 1. The minimum Gasteiger partial charge on any atom is -0.373 e. The van der Waals surface area contributed by atoms with Crippen LogP contribution in [0.25, 0.3) is 0 Å². The average molecular weight is 267 g/mol. The van der Waals surface area contributed by atoms with Crippen LogP contribution in [0.5, 0.6) is 0 Å². The fourth-order valence-electron chi connectivity index (χ4n) is 2.60. The van der Waals surface area contributed by atoms with Crippen molar-refractivity contribution in [1.29, 1.82) is 0 Å². The van der Waals surface area contributed by atoms with E-state index in [2.05, 4.69) is 16.4 Å². The highest BCUT2D eigenvalue weighted by molar-refractivity contribution is 6.07. The first-order valence-electron chi connectivity index (χ1n) is 6.83. The maximum absolute atomic E-state index is 12.7. The number of nitrogens with zero attached hydrogens (tertiary/aromatic N) is 2. The number of pyridine rings is 1. The third kappa shape index (κ3) is 2.25. The second-order valence-electron chi connectivity index (χ2n) is 4.87. The zero-order valence-corrected chi connectivity index (χ0v) is 11.5. The van der Waals surface area contributed by atoms with Gasteiger partial charge < -0.3 is 10.2 Å². The summed E-state index contributed by atoms with van der Waals surface area (Å²) in [4.78, 5) is 18.7. The third-order valence-electron chi connectivity index (χ3n) is 3.62. The minimum absolute atomic E-state index is 0.0380. The van der Waals surface area contributed by atoms with Gasteiger partial charge in [0.2, 0.25) is 0 Å². The Morgan fingerprint density at radius 3 is 3.00 bits per heavy atom. The number of aromatic nitrogens is 1. The maximum atomic E-state index is 12.7. The molecule has 1 aliphatic heterocycles. The molecule has 2 heterocycles. The molecule has 0 atom stereocenters. The second kappa shape index (κ2) is 5.33. The molecule has 0 unspecified atom stereocenters. The Bertz CT molecular complexity index is 639. The van der Waals surface area contributed by atoms with E-state index < -0.39 is 0 Å². The van der Waals surface area contributed by atoms with E-state index in [1.807, 2.05) is 23.1 Å². The molecule has 1 amide bonds. The molecule has 4 heteroatoms. The fraction of sp³-hybridized carbons (Fsp3) is 0.250. The van der Waals surface area contributed by atoms with Gasteiger partial charge in [-0.3, -0.25) is 4.79 Å². The molecule has 0 radical (unpaired) electrons. The minimum atomic E-state index is 0.0380. The molecule has 0 spiro atoms. The van der Waals surface area contributed by atoms with Crippen LogP contribution in [-0.2, 0) is 6.42 Å². The quantitative estimate of drug-likeness (QED) is 0.910. The van der Waals surface area contributed by atoms with Gasteiger partial charge in [0.1, 0.15) is 5.82 Å². The van der Waals surface area contributed by atoms with E-state index in [1.165, 1.54) is 5.56 Å². The number of hydrogen-bond acceptors (Lipinski definition) is 3. The molecule has 0 fully saturated rings. The Kier molecular flexibility index (Phi) is 3.37. The highest BCUT2D eigenvalue weighted by atomic mass is 16.2. The standard InChI is InChI=1S/C16H17N3O/c1-17-15-11-13(8-9-18-15)16(20)19-10-4-6-12-5-2-3-7-14(12)19/h2-3,5,7-9,11H,4,6,10H2,1H3,(H,17,18). The number of fused-ring (bicyclic) bond motifs is 1. The molecule has 0 aliphatic carbocycles. The summed E-state index contributed by atoms with van der Waals surface area (Å²) < 4.78 is 0. The van der Waals surface area contributed by atoms with Crippen molar-refractivity contribution in [2.75, 3.05) is 23.8 Å². The Morgan fingerprint density at radius 1 is 1.30 bits per heavy atom. The zero-order chi connectivity index (χ0) is 13.9. The van der Waals surface area contributed by atoms with E-state index >= 15 is 0 Å². The summed E-state index contributed by atoms with van der Waals surface area (Å²) in [5.74, 6) is 0.747. The molecular weight excluding hydrogens is 250 g/mol. The van der Waals surface area contributed by atoms with Crippen molar-refractivity contribution in [1.82, 2.24) is 4.98 Å². The number of nitrogens with one attached hydrogen (secondary N) is 1. The Balaban J connectivity index is 1.95. The van der Waals surface area contributed by atoms with Gasteiger partial charge >= 0.3 is 0 Å². The summed E-state index contributed by atoms with van der Waals surface area (Å²) in [7, 11) is 1.80. The van der Waals surface area contributed by atoms with Gasteiger partial charge in [-0.1, -0.05) is 18.2 Å². The van der Waals surface area contributed by atoms with Gasteiger partial charge in [-0.25, -0.2) is 4.98 Å². The average Bonchev–Trinajstić information content (AvgIpc) is 2.53. The smallest absolute Gasteiger partial charge is 0.258 e. The van der Waals surface area contributed by atoms with E-state index in [4.69, 9.17) is 0 Å². The summed E-state index contributed by atoms with van der Waals surface area (Å²) in [5, 5.41) is 2.96. The molecule has 102 valence electrons. The lowest BCUT2D eigenvalue weighted by Crippen LogP contribution is -2.35. The molecule has 0 saturated heterocycles. The topological polar surface area (TPSA) is 45.2 Å². The normalized spacial score (nSPS) is 13.8. The van der Waals surface area contributed by atoms with E-state index in [0.29, 0.717) is 11.4 Å². The van der Waals surface area contributed by atoms with Crippen molar-refractivity contribution in [3.8, 4) is 0 Å². The summed E-state index contributed by atoms with van der Waals surface area (Å²) in [6.07, 6.45) is 3.71. The van der Waals surface area contributed by atoms with Gasteiger partial charge in [-0.2, -0.15) is 0 Å². The van der Waals surface area contributed by atoms with Crippen LogP contribution in [0.4, 0.5) is 11.5 Å². The van der Waals surface area contributed by atoms with Crippen LogP contribution >= 0.6 is 0 Å². The number of para-hydroxylation sites is 1. The molecule has 1 aromatic carbocycles. The summed E-state index contributed by atoms with van der Waals surface area (Å²) in [6, 6.07) is 11.7. The van der Waals surface area contributed by atoms with Crippen LogP contribution in [0.1, 0.15) is 22.3 Å².